The first-order valence-electron chi connectivity index (χ1n) is 9.40. The third-order valence-electron chi connectivity index (χ3n) is 5.30. The van der Waals surface area contributed by atoms with Gasteiger partial charge in [-0.1, -0.05) is 18.2 Å². The van der Waals surface area contributed by atoms with Crippen LogP contribution in [0.4, 0.5) is 14.6 Å². The summed E-state index contributed by atoms with van der Waals surface area (Å²) in [7, 11) is 0. The van der Waals surface area contributed by atoms with E-state index in [0.717, 1.165) is 0 Å². The van der Waals surface area contributed by atoms with Crippen LogP contribution >= 0.6 is 0 Å². The summed E-state index contributed by atoms with van der Waals surface area (Å²) in [5.74, 6) is 0.551. The summed E-state index contributed by atoms with van der Waals surface area (Å²) in [5.41, 5.74) is 8.71. The molecule has 0 bridgehead atoms. The quantitative estimate of drug-likeness (QED) is 0.550. The molecule has 2 aromatic heterocycles. The lowest BCUT2D eigenvalue weighted by Crippen LogP contribution is -2.19. The summed E-state index contributed by atoms with van der Waals surface area (Å²) >= 11 is 0. The molecular weight excluding hydrogens is 388 g/mol. The molecule has 150 valence electrons. The van der Waals surface area contributed by atoms with Gasteiger partial charge in [-0.15, -0.1) is 0 Å². The Kier molecular flexibility index (Phi) is 4.20. The predicted octanol–water partition coefficient (Wildman–Crippen LogP) is 4.29. The van der Waals surface area contributed by atoms with Crippen LogP contribution in [0.1, 0.15) is 24.1 Å². The number of nitrogens with two attached hydrogens (primary N) is 1. The monoisotopic (exact) mass is 405 g/mol. The van der Waals surface area contributed by atoms with E-state index < -0.39 is 0 Å². The van der Waals surface area contributed by atoms with Crippen LogP contribution in [-0.4, -0.2) is 19.5 Å². The minimum atomic E-state index is -0.375. The van der Waals surface area contributed by atoms with Gasteiger partial charge < -0.3 is 15.0 Å². The fourth-order valence-electron chi connectivity index (χ4n) is 3.79. The molecule has 0 saturated heterocycles. The summed E-state index contributed by atoms with van der Waals surface area (Å²) in [4.78, 5) is 12.6. The number of nitrogens with zero attached hydrogens (tertiary/aromatic N) is 4. The average molecular weight is 405 g/mol. The number of halogens is 2. The summed E-state index contributed by atoms with van der Waals surface area (Å²) in [6, 6.07) is 10.5. The molecule has 4 aromatic rings. The van der Waals surface area contributed by atoms with E-state index >= 15 is 0 Å². The van der Waals surface area contributed by atoms with E-state index in [1.807, 2.05) is 11.5 Å². The number of hydrogen-bond acceptors (Lipinski definition) is 5. The molecule has 0 aliphatic carbocycles. The van der Waals surface area contributed by atoms with Crippen molar-refractivity contribution in [1.29, 1.82) is 0 Å². The van der Waals surface area contributed by atoms with Crippen molar-refractivity contribution in [3.63, 3.8) is 0 Å². The summed E-state index contributed by atoms with van der Waals surface area (Å²) in [5, 5.41) is 0. The molecule has 6 nitrogen and oxygen atoms in total. The van der Waals surface area contributed by atoms with Crippen LogP contribution in [0.15, 0.2) is 60.9 Å². The Morgan fingerprint density at radius 1 is 1.10 bits per heavy atom. The van der Waals surface area contributed by atoms with Crippen LogP contribution in [0.3, 0.4) is 0 Å². The van der Waals surface area contributed by atoms with E-state index in [-0.39, 0.29) is 29.9 Å². The minimum Gasteiger partial charge on any atom is -0.459 e. The van der Waals surface area contributed by atoms with E-state index in [4.69, 9.17) is 10.5 Å². The van der Waals surface area contributed by atoms with Gasteiger partial charge in [0.05, 0.1) is 12.4 Å². The second-order valence-corrected chi connectivity index (χ2v) is 7.11. The Morgan fingerprint density at radius 2 is 1.93 bits per heavy atom. The fraction of sp³-hybridized carbons (Fsp3) is 0.136. The lowest BCUT2D eigenvalue weighted by atomic mass is 9.92. The van der Waals surface area contributed by atoms with E-state index in [2.05, 4.69) is 15.0 Å². The SMILES string of the molecule is CC(C1=C(c2cccc(F)c2)Cc2c(F)cccc2O1)n1cnc2c(N)ncnc21. The van der Waals surface area contributed by atoms with E-state index in [1.54, 1.807) is 30.6 Å². The van der Waals surface area contributed by atoms with Crippen molar-refractivity contribution >= 4 is 22.6 Å². The summed E-state index contributed by atoms with van der Waals surface area (Å²) < 4.78 is 36.4. The van der Waals surface area contributed by atoms with Gasteiger partial charge in [0.25, 0.3) is 0 Å². The van der Waals surface area contributed by atoms with Crippen molar-refractivity contribution < 1.29 is 13.5 Å². The normalized spacial score (nSPS) is 14.5. The zero-order chi connectivity index (χ0) is 20.8. The molecule has 0 radical (unpaired) electrons. The highest BCUT2D eigenvalue weighted by molar-refractivity contribution is 5.81. The number of anilines is 1. The van der Waals surface area contributed by atoms with Crippen LogP contribution in [0.5, 0.6) is 5.75 Å². The second-order valence-electron chi connectivity index (χ2n) is 7.11. The Labute approximate surface area is 170 Å². The van der Waals surface area contributed by atoms with Gasteiger partial charge >= 0.3 is 0 Å². The highest BCUT2D eigenvalue weighted by atomic mass is 19.1. The number of imidazole rings is 1. The van der Waals surface area contributed by atoms with Gasteiger partial charge in [0.2, 0.25) is 0 Å². The van der Waals surface area contributed by atoms with Gasteiger partial charge in [-0.25, -0.2) is 23.7 Å². The summed E-state index contributed by atoms with van der Waals surface area (Å²) in [6.07, 6.45) is 3.26. The predicted molar refractivity (Wildman–Crippen MR) is 108 cm³/mol. The van der Waals surface area contributed by atoms with Gasteiger partial charge in [-0.3, -0.25) is 0 Å². The largest absolute Gasteiger partial charge is 0.459 e. The second kappa shape index (κ2) is 6.91. The Hall–Kier alpha value is -3.81. The molecule has 0 saturated carbocycles. The highest BCUT2D eigenvalue weighted by Gasteiger charge is 2.29. The molecule has 8 heteroatoms. The smallest absolute Gasteiger partial charge is 0.166 e. The maximum absolute atomic E-state index is 14.5. The van der Waals surface area contributed by atoms with Crippen molar-refractivity contribution in [3.8, 4) is 5.75 Å². The first kappa shape index (κ1) is 18.2. The molecule has 3 heterocycles. The minimum absolute atomic E-state index is 0.273. The third-order valence-corrected chi connectivity index (χ3v) is 5.30. The maximum atomic E-state index is 14.5. The third kappa shape index (κ3) is 2.88. The van der Waals surface area contributed by atoms with E-state index in [9.17, 15) is 8.78 Å². The Morgan fingerprint density at radius 3 is 2.77 bits per heavy atom. The lowest BCUT2D eigenvalue weighted by molar-refractivity contribution is 0.346. The van der Waals surface area contributed by atoms with Gasteiger partial charge in [-0.2, -0.15) is 0 Å². The van der Waals surface area contributed by atoms with Crippen molar-refractivity contribution in [2.24, 2.45) is 0 Å². The number of fused-ring (bicyclic) bond motifs is 2. The fourth-order valence-corrected chi connectivity index (χ4v) is 3.79. The van der Waals surface area contributed by atoms with E-state index in [1.165, 1.54) is 24.5 Å². The molecule has 1 aliphatic heterocycles. The average Bonchev–Trinajstić information content (AvgIpc) is 3.18. The number of aromatic nitrogens is 4. The number of rotatable bonds is 3. The first-order valence-corrected chi connectivity index (χ1v) is 9.40. The standard InChI is InChI=1S/C22H17F2N5O/c1-12(29-11-28-19-21(25)26-10-27-22(19)29)20-15(13-4-2-5-14(23)8-13)9-16-17(24)6-3-7-18(16)30-20/h2-8,10-12H,9H2,1H3,(H2,25,26,27). The number of nitrogen functional groups attached to an aromatic ring is 1. The van der Waals surface area contributed by atoms with Gasteiger partial charge in [-0.05, 0) is 36.8 Å². The van der Waals surface area contributed by atoms with E-state index in [0.29, 0.717) is 39.4 Å². The maximum Gasteiger partial charge on any atom is 0.166 e. The Balaban J connectivity index is 1.69. The van der Waals surface area contributed by atoms with Crippen LogP contribution in [0.25, 0.3) is 16.7 Å². The molecular formula is C22H17F2N5O. The van der Waals surface area contributed by atoms with Crippen LogP contribution in [0.2, 0.25) is 0 Å². The van der Waals surface area contributed by atoms with Gasteiger partial charge in [0.15, 0.2) is 11.5 Å². The number of allylic oxidation sites excluding steroid dienone is 2. The molecule has 1 aliphatic rings. The zero-order valence-corrected chi connectivity index (χ0v) is 16.0. The molecule has 2 aromatic carbocycles. The van der Waals surface area contributed by atoms with Crippen LogP contribution in [-0.2, 0) is 6.42 Å². The molecule has 1 unspecified atom stereocenters. The Bertz CT molecular complexity index is 1310. The molecule has 0 amide bonds. The summed E-state index contributed by atoms with van der Waals surface area (Å²) in [6.45, 7) is 1.92. The molecule has 0 spiro atoms. The van der Waals surface area contributed by atoms with Crippen LogP contribution in [0, 0.1) is 11.6 Å². The number of hydrogen-bond donors (Lipinski definition) is 1. The molecule has 2 N–H and O–H groups in total. The first-order chi connectivity index (χ1) is 14.5. The van der Waals surface area contributed by atoms with Crippen LogP contribution < -0.4 is 10.5 Å². The molecule has 1 atom stereocenters. The highest BCUT2D eigenvalue weighted by Crippen LogP contribution is 2.40. The number of benzene rings is 2. The lowest BCUT2D eigenvalue weighted by Gasteiger charge is -2.28. The van der Waals surface area contributed by atoms with Crippen molar-refractivity contribution in [1.82, 2.24) is 19.5 Å². The molecule has 5 rings (SSSR count). The topological polar surface area (TPSA) is 78.9 Å². The van der Waals surface area contributed by atoms with Crippen molar-refractivity contribution in [2.75, 3.05) is 5.73 Å². The van der Waals surface area contributed by atoms with Crippen molar-refractivity contribution in [2.45, 2.75) is 19.4 Å². The van der Waals surface area contributed by atoms with Gasteiger partial charge in [0, 0.05) is 17.6 Å². The zero-order valence-electron chi connectivity index (χ0n) is 16.0. The van der Waals surface area contributed by atoms with Crippen molar-refractivity contribution in [3.05, 3.63) is 83.6 Å². The van der Waals surface area contributed by atoms with Gasteiger partial charge in [0.1, 0.15) is 35.0 Å². The number of ether oxygens (including phenoxy) is 1. The molecule has 30 heavy (non-hydrogen) atoms. The molecule has 0 fully saturated rings.